The predicted molar refractivity (Wildman–Crippen MR) is 87.8 cm³/mol. The summed E-state index contributed by atoms with van der Waals surface area (Å²) < 4.78 is 4.88. The monoisotopic (exact) mass is 342 g/mol. The van der Waals surface area contributed by atoms with Crippen molar-refractivity contribution in [3.63, 3.8) is 0 Å². The first-order valence-corrected chi connectivity index (χ1v) is 8.16. The molecule has 1 aliphatic heterocycles. The summed E-state index contributed by atoms with van der Waals surface area (Å²) in [6.07, 6.45) is 0.957. The maximum Gasteiger partial charge on any atom is 0.407 e. The van der Waals surface area contributed by atoms with Gasteiger partial charge in [-0.15, -0.1) is 24.2 Å². The Morgan fingerprint density at radius 3 is 2.64 bits per heavy atom. The first kappa shape index (κ1) is 17.0. The topological polar surface area (TPSA) is 58.6 Å². The summed E-state index contributed by atoms with van der Waals surface area (Å²) in [6.45, 7) is 1.40. The Hall–Kier alpha value is -1.40. The lowest BCUT2D eigenvalue weighted by Crippen LogP contribution is -2.46. The van der Waals surface area contributed by atoms with E-state index in [0.717, 1.165) is 0 Å². The molecule has 0 unspecified atom stereocenters. The van der Waals surface area contributed by atoms with E-state index in [-0.39, 0.29) is 24.4 Å². The SMILES string of the molecule is O=C(NC1CCN(C(=O)c2ccccc2S)CC1)OCCCl. The number of amides is 2. The van der Waals surface area contributed by atoms with Crippen LogP contribution in [0.3, 0.4) is 0 Å². The lowest BCUT2D eigenvalue weighted by molar-refractivity contribution is 0.0699. The minimum atomic E-state index is -0.453. The summed E-state index contributed by atoms with van der Waals surface area (Å²) in [5, 5.41) is 2.79. The Morgan fingerprint density at radius 2 is 2.00 bits per heavy atom. The fraction of sp³-hybridized carbons (Fsp3) is 0.467. The molecule has 2 rings (SSSR count). The van der Waals surface area contributed by atoms with Gasteiger partial charge in [-0.25, -0.2) is 4.79 Å². The maximum atomic E-state index is 12.4. The molecule has 0 atom stereocenters. The van der Waals surface area contributed by atoms with Gasteiger partial charge in [0.25, 0.3) is 5.91 Å². The molecule has 120 valence electrons. The summed E-state index contributed by atoms with van der Waals surface area (Å²) in [5.74, 6) is 0.262. The second-order valence-electron chi connectivity index (χ2n) is 5.05. The molecule has 0 aromatic heterocycles. The lowest BCUT2D eigenvalue weighted by Gasteiger charge is -2.32. The molecule has 1 aromatic rings. The molecule has 1 heterocycles. The van der Waals surface area contributed by atoms with E-state index in [1.54, 1.807) is 17.0 Å². The fourth-order valence-electron chi connectivity index (χ4n) is 2.39. The Morgan fingerprint density at radius 1 is 1.32 bits per heavy atom. The van der Waals surface area contributed by atoms with Crippen LogP contribution in [0, 0.1) is 0 Å². The van der Waals surface area contributed by atoms with Gasteiger partial charge in [-0.3, -0.25) is 4.79 Å². The molecule has 1 aromatic carbocycles. The number of thiol groups is 1. The Labute approximate surface area is 140 Å². The van der Waals surface area contributed by atoms with Gasteiger partial charge in [-0.2, -0.15) is 0 Å². The van der Waals surface area contributed by atoms with Gasteiger partial charge in [0, 0.05) is 24.0 Å². The van der Waals surface area contributed by atoms with Crippen LogP contribution < -0.4 is 5.32 Å². The normalized spacial score (nSPS) is 15.5. The number of rotatable bonds is 4. The van der Waals surface area contributed by atoms with E-state index in [4.69, 9.17) is 16.3 Å². The number of nitrogens with zero attached hydrogens (tertiary/aromatic N) is 1. The third-order valence-electron chi connectivity index (χ3n) is 3.55. The molecule has 1 N–H and O–H groups in total. The lowest BCUT2D eigenvalue weighted by atomic mass is 10.0. The van der Waals surface area contributed by atoms with Crippen LogP contribution in [0.2, 0.25) is 0 Å². The fourth-order valence-corrected chi connectivity index (χ4v) is 2.72. The first-order valence-electron chi connectivity index (χ1n) is 7.18. The molecular weight excluding hydrogens is 324 g/mol. The molecule has 1 aliphatic rings. The smallest absolute Gasteiger partial charge is 0.407 e. The largest absolute Gasteiger partial charge is 0.448 e. The van der Waals surface area contributed by atoms with Gasteiger partial charge in [0.1, 0.15) is 6.61 Å². The number of carbonyl (C=O) groups excluding carboxylic acids is 2. The van der Waals surface area contributed by atoms with Crippen molar-refractivity contribution in [3.8, 4) is 0 Å². The van der Waals surface area contributed by atoms with Crippen LogP contribution in [0.15, 0.2) is 29.2 Å². The van der Waals surface area contributed by atoms with Crippen LogP contribution in [0.5, 0.6) is 0 Å². The average Bonchev–Trinajstić information content (AvgIpc) is 2.53. The van der Waals surface area contributed by atoms with Crippen molar-refractivity contribution in [1.82, 2.24) is 10.2 Å². The second-order valence-corrected chi connectivity index (χ2v) is 5.91. The zero-order chi connectivity index (χ0) is 15.9. The minimum absolute atomic E-state index is 0.0197. The van der Waals surface area contributed by atoms with E-state index in [1.807, 2.05) is 12.1 Å². The Kier molecular flexibility index (Phi) is 6.39. The van der Waals surface area contributed by atoms with Crippen molar-refractivity contribution in [2.75, 3.05) is 25.6 Å². The molecule has 0 spiro atoms. The van der Waals surface area contributed by atoms with Gasteiger partial charge in [0.15, 0.2) is 0 Å². The number of carbonyl (C=O) groups is 2. The molecule has 0 saturated carbocycles. The average molecular weight is 343 g/mol. The van der Waals surface area contributed by atoms with Gasteiger partial charge >= 0.3 is 6.09 Å². The molecule has 0 bridgehead atoms. The standard InChI is InChI=1S/C15H19ClN2O3S/c16-7-10-21-15(20)17-11-5-8-18(9-6-11)14(19)12-3-1-2-4-13(12)22/h1-4,11,22H,5-10H2,(H,17,20). The predicted octanol–water partition coefficient (Wildman–Crippen LogP) is 2.54. The number of hydrogen-bond donors (Lipinski definition) is 2. The van der Waals surface area contributed by atoms with Crippen LogP contribution in [-0.2, 0) is 4.74 Å². The molecule has 5 nitrogen and oxygen atoms in total. The van der Waals surface area contributed by atoms with Crippen molar-refractivity contribution < 1.29 is 14.3 Å². The van der Waals surface area contributed by atoms with E-state index in [0.29, 0.717) is 36.4 Å². The van der Waals surface area contributed by atoms with E-state index in [2.05, 4.69) is 17.9 Å². The van der Waals surface area contributed by atoms with Gasteiger partial charge in [0.05, 0.1) is 11.4 Å². The summed E-state index contributed by atoms with van der Waals surface area (Å²) in [4.78, 5) is 26.4. The van der Waals surface area contributed by atoms with Crippen molar-refractivity contribution in [2.24, 2.45) is 0 Å². The van der Waals surface area contributed by atoms with E-state index >= 15 is 0 Å². The van der Waals surface area contributed by atoms with Crippen LogP contribution in [-0.4, -0.2) is 48.5 Å². The maximum absolute atomic E-state index is 12.4. The number of likely N-dealkylation sites (tertiary alicyclic amines) is 1. The first-order chi connectivity index (χ1) is 10.6. The van der Waals surface area contributed by atoms with E-state index < -0.39 is 6.09 Å². The molecule has 2 amide bonds. The summed E-state index contributed by atoms with van der Waals surface area (Å²) in [7, 11) is 0. The third-order valence-corrected chi connectivity index (χ3v) is 4.09. The molecule has 0 radical (unpaired) electrons. The van der Waals surface area contributed by atoms with Gasteiger partial charge in [-0.05, 0) is 25.0 Å². The number of alkyl halides is 1. The van der Waals surface area contributed by atoms with Crippen molar-refractivity contribution in [2.45, 2.75) is 23.8 Å². The molecule has 1 saturated heterocycles. The van der Waals surface area contributed by atoms with Crippen LogP contribution in [0.25, 0.3) is 0 Å². The third kappa shape index (κ3) is 4.55. The number of nitrogens with one attached hydrogen (secondary N) is 1. The molecule has 0 aliphatic carbocycles. The number of ether oxygens (including phenoxy) is 1. The number of halogens is 1. The molecular formula is C15H19ClN2O3S. The highest BCUT2D eigenvalue weighted by Gasteiger charge is 2.25. The van der Waals surface area contributed by atoms with Crippen molar-refractivity contribution in [1.29, 1.82) is 0 Å². The molecule has 1 fully saturated rings. The minimum Gasteiger partial charge on any atom is -0.448 e. The Bertz CT molecular complexity index is 533. The highest BCUT2D eigenvalue weighted by Crippen LogP contribution is 2.18. The zero-order valence-electron chi connectivity index (χ0n) is 12.1. The highest BCUT2D eigenvalue weighted by molar-refractivity contribution is 7.80. The van der Waals surface area contributed by atoms with Crippen LogP contribution in [0.1, 0.15) is 23.2 Å². The number of benzene rings is 1. The van der Waals surface area contributed by atoms with Crippen LogP contribution >= 0.6 is 24.2 Å². The van der Waals surface area contributed by atoms with Crippen molar-refractivity contribution >= 4 is 36.2 Å². The van der Waals surface area contributed by atoms with Gasteiger partial charge in [-0.1, -0.05) is 12.1 Å². The Balaban J connectivity index is 1.83. The number of alkyl carbamates (subject to hydrolysis) is 1. The van der Waals surface area contributed by atoms with Gasteiger partial charge in [0.2, 0.25) is 0 Å². The highest BCUT2D eigenvalue weighted by atomic mass is 35.5. The van der Waals surface area contributed by atoms with Crippen LogP contribution in [0.4, 0.5) is 4.79 Å². The van der Waals surface area contributed by atoms with Crippen molar-refractivity contribution in [3.05, 3.63) is 29.8 Å². The summed E-state index contributed by atoms with van der Waals surface area (Å²) in [5.41, 5.74) is 0.610. The molecule has 22 heavy (non-hydrogen) atoms. The summed E-state index contributed by atoms with van der Waals surface area (Å²) in [6, 6.07) is 7.28. The second kappa shape index (κ2) is 8.29. The van der Waals surface area contributed by atoms with Gasteiger partial charge < -0.3 is 15.0 Å². The van der Waals surface area contributed by atoms with E-state index in [9.17, 15) is 9.59 Å². The zero-order valence-corrected chi connectivity index (χ0v) is 13.8. The summed E-state index contributed by atoms with van der Waals surface area (Å²) >= 11 is 9.78. The quantitative estimate of drug-likeness (QED) is 0.653. The number of piperidine rings is 1. The molecule has 7 heteroatoms. The number of hydrogen-bond acceptors (Lipinski definition) is 4. The van der Waals surface area contributed by atoms with E-state index in [1.165, 1.54) is 0 Å².